The number of hydrogen-bond acceptors (Lipinski definition) is 7. The average Bonchev–Trinajstić information content (AvgIpc) is 3.04. The summed E-state index contributed by atoms with van der Waals surface area (Å²) >= 11 is 0. The summed E-state index contributed by atoms with van der Waals surface area (Å²) in [5.41, 5.74) is -0.0336. The molecule has 2 aliphatic rings. The van der Waals surface area contributed by atoms with Crippen LogP contribution in [0.5, 0.6) is 11.5 Å². The fraction of sp³-hybridized carbons (Fsp3) is 0.519. The van der Waals surface area contributed by atoms with Crippen molar-refractivity contribution >= 4 is 5.91 Å². The molecule has 0 spiro atoms. The molecule has 2 saturated heterocycles. The number of rotatable bonds is 9. The van der Waals surface area contributed by atoms with Crippen molar-refractivity contribution in [3.8, 4) is 11.5 Å². The minimum Gasteiger partial charge on any atom is -0.492 e. The molecule has 8 heteroatoms. The third kappa shape index (κ3) is 7.93. The Morgan fingerprint density at radius 2 is 1.63 bits per heavy atom. The first kappa shape index (κ1) is 25.4. The van der Waals surface area contributed by atoms with Crippen LogP contribution in [0.1, 0.15) is 12.5 Å². The third-order valence-corrected chi connectivity index (χ3v) is 6.49. The van der Waals surface area contributed by atoms with Crippen molar-refractivity contribution < 1.29 is 24.1 Å². The van der Waals surface area contributed by atoms with Gasteiger partial charge in [0.05, 0.1) is 19.8 Å². The number of amides is 1. The molecule has 1 N–H and O–H groups in total. The summed E-state index contributed by atoms with van der Waals surface area (Å²) in [4.78, 5) is 18.4. The van der Waals surface area contributed by atoms with E-state index in [0.29, 0.717) is 38.5 Å². The maximum absolute atomic E-state index is 12.1. The molecule has 0 bridgehead atoms. The summed E-state index contributed by atoms with van der Waals surface area (Å²) in [5, 5.41) is 11.4. The molecule has 2 aromatic carbocycles. The molecule has 1 unspecified atom stereocenters. The second-order valence-corrected chi connectivity index (χ2v) is 9.42. The monoisotopic (exact) mass is 483 g/mol. The van der Waals surface area contributed by atoms with Gasteiger partial charge in [0.15, 0.2) is 0 Å². The van der Waals surface area contributed by atoms with Gasteiger partial charge >= 0.3 is 0 Å². The van der Waals surface area contributed by atoms with E-state index in [1.165, 1.54) is 0 Å². The van der Waals surface area contributed by atoms with Gasteiger partial charge in [0.2, 0.25) is 5.91 Å². The second kappa shape index (κ2) is 12.4. The predicted molar refractivity (Wildman–Crippen MR) is 134 cm³/mol. The molecule has 0 saturated carbocycles. The zero-order chi connectivity index (χ0) is 24.5. The quantitative estimate of drug-likeness (QED) is 0.584. The summed E-state index contributed by atoms with van der Waals surface area (Å²) in [6, 6.07) is 17.6. The van der Waals surface area contributed by atoms with Crippen LogP contribution in [0, 0.1) is 0 Å². The molecule has 1 atom stereocenters. The number of ether oxygens (including phenoxy) is 3. The van der Waals surface area contributed by atoms with E-state index >= 15 is 0 Å². The van der Waals surface area contributed by atoms with Crippen molar-refractivity contribution in [3.63, 3.8) is 0 Å². The molecule has 2 heterocycles. The van der Waals surface area contributed by atoms with E-state index < -0.39 is 5.60 Å². The van der Waals surface area contributed by atoms with Crippen molar-refractivity contribution in [1.82, 2.24) is 14.7 Å². The van der Waals surface area contributed by atoms with Crippen LogP contribution in [-0.2, 0) is 16.1 Å². The standard InChI is InChI=1S/C27H37N3O5/c1-23(31)30-12-11-29(20-27(32,21-30)22-35-25-5-3-2-4-6-25)19-24-7-9-26(10-8-24)34-18-15-28-13-16-33-17-14-28/h2-10,32H,11-22H2,1H3. The van der Waals surface area contributed by atoms with Crippen molar-refractivity contribution in [2.45, 2.75) is 19.1 Å². The summed E-state index contributed by atoms with van der Waals surface area (Å²) in [6.07, 6.45) is 0. The minimum atomic E-state index is -1.17. The van der Waals surface area contributed by atoms with Gasteiger partial charge in [0.25, 0.3) is 0 Å². The lowest BCUT2D eigenvalue weighted by Crippen LogP contribution is -2.51. The molecule has 1 amide bonds. The van der Waals surface area contributed by atoms with E-state index in [9.17, 15) is 9.90 Å². The number of morpholine rings is 1. The van der Waals surface area contributed by atoms with Gasteiger partial charge in [-0.05, 0) is 29.8 Å². The minimum absolute atomic E-state index is 0.0384. The number of nitrogens with zero attached hydrogens (tertiary/aromatic N) is 3. The van der Waals surface area contributed by atoms with Crippen LogP contribution < -0.4 is 9.47 Å². The Balaban J connectivity index is 1.32. The van der Waals surface area contributed by atoms with Crippen LogP contribution in [0.15, 0.2) is 54.6 Å². The Kier molecular flexibility index (Phi) is 8.98. The number of para-hydroxylation sites is 1. The largest absolute Gasteiger partial charge is 0.492 e. The molecule has 2 fully saturated rings. The normalized spacial score (nSPS) is 21.9. The van der Waals surface area contributed by atoms with E-state index in [0.717, 1.165) is 44.2 Å². The SMILES string of the molecule is CC(=O)N1CCN(Cc2ccc(OCCN3CCOCC3)cc2)CC(O)(COc2ccccc2)C1. The Morgan fingerprint density at radius 3 is 2.34 bits per heavy atom. The highest BCUT2D eigenvalue weighted by molar-refractivity contribution is 5.73. The number of carbonyl (C=O) groups is 1. The van der Waals surface area contributed by atoms with Crippen molar-refractivity contribution in [1.29, 1.82) is 0 Å². The Morgan fingerprint density at radius 1 is 0.914 bits per heavy atom. The fourth-order valence-electron chi connectivity index (χ4n) is 4.54. The molecular formula is C27H37N3O5. The number of benzene rings is 2. The topological polar surface area (TPSA) is 74.7 Å². The molecule has 0 radical (unpaired) electrons. The van der Waals surface area contributed by atoms with E-state index in [2.05, 4.69) is 21.9 Å². The van der Waals surface area contributed by atoms with Gasteiger partial charge in [-0.25, -0.2) is 0 Å². The molecule has 2 aromatic rings. The van der Waals surface area contributed by atoms with Gasteiger partial charge in [0, 0.05) is 52.7 Å². The Labute approximate surface area is 208 Å². The summed E-state index contributed by atoms with van der Waals surface area (Å²) < 4.78 is 17.2. The molecule has 0 aromatic heterocycles. The molecular weight excluding hydrogens is 446 g/mol. The zero-order valence-electron chi connectivity index (χ0n) is 20.6. The molecule has 35 heavy (non-hydrogen) atoms. The van der Waals surface area contributed by atoms with Crippen LogP contribution in [-0.4, -0.2) is 104 Å². The van der Waals surface area contributed by atoms with E-state index in [1.807, 2.05) is 42.5 Å². The van der Waals surface area contributed by atoms with Gasteiger partial charge in [-0.3, -0.25) is 14.6 Å². The Bertz CT molecular complexity index is 920. The first-order chi connectivity index (χ1) is 17.0. The molecule has 4 rings (SSSR count). The highest BCUT2D eigenvalue weighted by Gasteiger charge is 2.36. The number of carbonyl (C=O) groups excluding carboxylic acids is 1. The molecule has 8 nitrogen and oxygen atoms in total. The van der Waals surface area contributed by atoms with Crippen LogP contribution in [0.2, 0.25) is 0 Å². The molecule has 190 valence electrons. The predicted octanol–water partition coefficient (Wildman–Crippen LogP) is 1.87. The first-order valence-electron chi connectivity index (χ1n) is 12.4. The van der Waals surface area contributed by atoms with E-state index in [1.54, 1.807) is 11.8 Å². The lowest BCUT2D eigenvalue weighted by Gasteiger charge is -2.32. The summed E-state index contributed by atoms with van der Waals surface area (Å²) in [7, 11) is 0. The number of aliphatic hydroxyl groups is 1. The highest BCUT2D eigenvalue weighted by atomic mass is 16.5. The highest BCUT2D eigenvalue weighted by Crippen LogP contribution is 2.21. The lowest BCUT2D eigenvalue weighted by molar-refractivity contribution is -0.132. The fourth-order valence-corrected chi connectivity index (χ4v) is 4.54. The summed E-state index contributed by atoms with van der Waals surface area (Å²) in [6.45, 7) is 9.33. The number of hydrogen-bond donors (Lipinski definition) is 1. The average molecular weight is 484 g/mol. The van der Waals surface area contributed by atoms with E-state index in [-0.39, 0.29) is 19.1 Å². The van der Waals surface area contributed by atoms with Crippen LogP contribution in [0.4, 0.5) is 0 Å². The Hall–Kier alpha value is -2.65. The van der Waals surface area contributed by atoms with Crippen molar-refractivity contribution in [2.24, 2.45) is 0 Å². The van der Waals surface area contributed by atoms with Crippen molar-refractivity contribution in [3.05, 3.63) is 60.2 Å². The van der Waals surface area contributed by atoms with Gasteiger partial charge in [-0.1, -0.05) is 30.3 Å². The van der Waals surface area contributed by atoms with Gasteiger partial charge in [-0.2, -0.15) is 0 Å². The van der Waals surface area contributed by atoms with E-state index in [4.69, 9.17) is 14.2 Å². The lowest BCUT2D eigenvalue weighted by atomic mass is 10.0. The molecule has 0 aliphatic carbocycles. The van der Waals surface area contributed by atoms with Crippen LogP contribution in [0.25, 0.3) is 0 Å². The van der Waals surface area contributed by atoms with Crippen LogP contribution >= 0.6 is 0 Å². The van der Waals surface area contributed by atoms with Crippen LogP contribution in [0.3, 0.4) is 0 Å². The van der Waals surface area contributed by atoms with Crippen molar-refractivity contribution in [2.75, 3.05) is 72.2 Å². The maximum Gasteiger partial charge on any atom is 0.219 e. The zero-order valence-corrected chi connectivity index (χ0v) is 20.6. The molecule has 2 aliphatic heterocycles. The summed E-state index contributed by atoms with van der Waals surface area (Å²) in [5.74, 6) is 1.52. The van der Waals surface area contributed by atoms with Gasteiger partial charge in [-0.15, -0.1) is 0 Å². The second-order valence-electron chi connectivity index (χ2n) is 9.42. The van der Waals surface area contributed by atoms with Gasteiger partial charge < -0.3 is 24.2 Å². The van der Waals surface area contributed by atoms with Gasteiger partial charge in [0.1, 0.15) is 30.3 Å². The number of β-amino-alcohol motifs (C(OH)–C–C–N with tert-alkyl or cyclic N) is 1. The smallest absolute Gasteiger partial charge is 0.219 e. The maximum atomic E-state index is 12.1. The third-order valence-electron chi connectivity index (χ3n) is 6.49. The first-order valence-corrected chi connectivity index (χ1v) is 12.4.